The van der Waals surface area contributed by atoms with Crippen molar-refractivity contribution in [2.75, 3.05) is 39.3 Å². The van der Waals surface area contributed by atoms with Crippen molar-refractivity contribution in [1.29, 1.82) is 0 Å². The molecule has 0 atom stereocenters. The summed E-state index contributed by atoms with van der Waals surface area (Å²) in [7, 11) is 0. The van der Waals surface area contributed by atoms with Crippen LogP contribution in [0.5, 0.6) is 34.5 Å². The summed E-state index contributed by atoms with van der Waals surface area (Å²) in [5, 5.41) is 116. The maximum Gasteiger partial charge on any atom is 0.119 e. The summed E-state index contributed by atoms with van der Waals surface area (Å²) in [5.41, 5.74) is 4.30. The van der Waals surface area contributed by atoms with Gasteiger partial charge in [0.15, 0.2) is 0 Å². The van der Waals surface area contributed by atoms with Crippen LogP contribution in [-0.2, 0) is 88.4 Å². The number of aliphatic carboxylic acids is 6. The molecule has 6 aromatic carbocycles. The van der Waals surface area contributed by atoms with E-state index >= 15 is 0 Å². The number of rotatable bonds is 24. The zero-order valence-corrected chi connectivity index (χ0v) is 47.5. The Morgan fingerprint density at radius 2 is 0.376 bits per heavy atom. The molecule has 0 aliphatic heterocycles. The Balaban J connectivity index is 0.000000994. The molecule has 0 bridgehead atoms. The maximum absolute atomic E-state index is 10.0. The van der Waals surface area contributed by atoms with Crippen LogP contribution < -0.4 is 30.6 Å². The second-order valence-electron chi connectivity index (χ2n) is 16.4. The van der Waals surface area contributed by atoms with Crippen LogP contribution in [0.4, 0.5) is 0 Å². The van der Waals surface area contributed by atoms with Crippen LogP contribution in [-0.4, -0.2) is 143 Å². The Morgan fingerprint density at radius 3 is 0.482 bits per heavy atom. The zero-order valence-electron chi connectivity index (χ0n) is 45.5. The first-order chi connectivity index (χ1) is 40.2. The minimum absolute atomic E-state index is 0. The quantitative estimate of drug-likeness (QED) is 0.0298. The summed E-state index contributed by atoms with van der Waals surface area (Å²) >= 11 is 0. The van der Waals surface area contributed by atoms with Gasteiger partial charge in [-0.2, -0.15) is 0 Å². The molecule has 0 aromatic heterocycles. The van der Waals surface area contributed by atoms with E-state index in [2.05, 4.69) is 30.0 Å². The number of benzene rings is 6. The number of aromatic hydroxyl groups is 6. The van der Waals surface area contributed by atoms with E-state index in [0.717, 1.165) is 33.4 Å². The Morgan fingerprint density at radius 1 is 0.259 bits per heavy atom. The Hall–Kier alpha value is -10.4. The SMILES string of the molecule is O=C([O-])CN=CCc1ccccc1O.O=C([O-])CN=CCc1ccccc1O.O=C([O-])CN=CCc1ccccc1O.O=C([O-])CN=CCc1ccccc1O.O=C([O-])CN=CCc1ccccc1O.O=C([O-])CN=CCc1ccccc1O.[Mo]. The van der Waals surface area contributed by atoms with Gasteiger partial charge in [0, 0.05) is 96.9 Å². The maximum atomic E-state index is 10.0. The fourth-order valence-corrected chi connectivity index (χ4v) is 5.91. The molecule has 0 amide bonds. The summed E-state index contributed by atoms with van der Waals surface area (Å²) in [5.74, 6) is -6.13. The van der Waals surface area contributed by atoms with Crippen molar-refractivity contribution in [3.8, 4) is 34.5 Å². The first-order valence-corrected chi connectivity index (χ1v) is 24.9. The van der Waals surface area contributed by atoms with E-state index in [4.69, 9.17) is 0 Å². The van der Waals surface area contributed by atoms with Gasteiger partial charge in [-0.25, -0.2) is 0 Å². The molecule has 0 heterocycles. The van der Waals surface area contributed by atoms with Crippen LogP contribution >= 0.6 is 0 Å². The third-order valence-electron chi connectivity index (χ3n) is 9.91. The average Bonchev–Trinajstić information content (AvgIpc) is 3.45. The number of hydrogen-bond acceptors (Lipinski definition) is 24. The van der Waals surface area contributed by atoms with Crippen molar-refractivity contribution in [3.05, 3.63) is 179 Å². The van der Waals surface area contributed by atoms with Crippen LogP contribution in [0.25, 0.3) is 0 Å². The molecule has 450 valence electrons. The molecule has 6 N–H and O–H groups in total. The summed E-state index contributed by atoms with van der Waals surface area (Å²) in [4.78, 5) is 81.7. The molecule has 0 spiro atoms. The van der Waals surface area contributed by atoms with Gasteiger partial charge >= 0.3 is 0 Å². The molecule has 6 rings (SSSR count). The second-order valence-corrected chi connectivity index (χ2v) is 16.4. The number of carboxylic acids is 6. The topological polar surface area (TPSA) is 436 Å². The van der Waals surface area contributed by atoms with Gasteiger partial charge in [0.25, 0.3) is 0 Å². The predicted molar refractivity (Wildman–Crippen MR) is 301 cm³/mol. The van der Waals surface area contributed by atoms with Crippen molar-refractivity contribution in [2.45, 2.75) is 38.5 Å². The van der Waals surface area contributed by atoms with Crippen molar-refractivity contribution in [1.82, 2.24) is 0 Å². The predicted octanol–water partition coefficient (Wildman–Crippen LogP) is -1.47. The molecule has 0 aliphatic rings. The largest absolute Gasteiger partial charge is 0.548 e. The molecule has 0 unspecified atom stereocenters. The van der Waals surface area contributed by atoms with Crippen LogP contribution in [0.1, 0.15) is 33.4 Å². The van der Waals surface area contributed by atoms with Crippen molar-refractivity contribution >= 4 is 73.1 Å². The number of phenolic OH excluding ortho intramolecular Hbond substituents is 6. The zero-order chi connectivity index (χ0) is 62.3. The van der Waals surface area contributed by atoms with Crippen molar-refractivity contribution in [3.63, 3.8) is 0 Å². The summed E-state index contributed by atoms with van der Waals surface area (Å²) in [6, 6.07) is 41.0. The molecule has 0 saturated heterocycles. The first-order valence-electron chi connectivity index (χ1n) is 24.9. The Kier molecular flexibility index (Phi) is 40.6. The van der Waals surface area contributed by atoms with Gasteiger partial charge in [0.05, 0.1) is 75.1 Å². The van der Waals surface area contributed by atoms with Gasteiger partial charge in [-0.1, -0.05) is 109 Å². The minimum atomic E-state index is -1.21. The molecule has 0 aliphatic carbocycles. The summed E-state index contributed by atoms with van der Waals surface area (Å²) in [6.07, 6.45) is 11.2. The van der Waals surface area contributed by atoms with E-state index in [1.54, 1.807) is 146 Å². The fourth-order valence-electron chi connectivity index (χ4n) is 5.91. The van der Waals surface area contributed by atoms with Crippen molar-refractivity contribution in [2.24, 2.45) is 30.0 Å². The number of hydrogen-bond donors (Lipinski definition) is 6. The van der Waals surface area contributed by atoms with E-state index in [-0.39, 0.29) is 94.8 Å². The van der Waals surface area contributed by atoms with Crippen LogP contribution in [0.3, 0.4) is 0 Å². The monoisotopic (exact) mass is 1250 g/mol. The summed E-state index contributed by atoms with van der Waals surface area (Å²) in [6.45, 7) is -2.04. The minimum Gasteiger partial charge on any atom is -0.548 e. The number of aliphatic imine (C=N–C) groups is 6. The average molecular weight is 1250 g/mol. The van der Waals surface area contributed by atoms with E-state index < -0.39 is 35.8 Å². The summed E-state index contributed by atoms with van der Waals surface area (Å²) < 4.78 is 0. The molecule has 85 heavy (non-hydrogen) atoms. The smallest absolute Gasteiger partial charge is 0.119 e. The molecule has 25 heteroatoms. The Bertz CT molecular complexity index is 2630. The van der Waals surface area contributed by atoms with E-state index in [1.165, 1.54) is 37.3 Å². The van der Waals surface area contributed by atoms with E-state index in [9.17, 15) is 90.0 Å². The normalized spacial score (nSPS) is 10.4. The molecule has 0 saturated carbocycles. The number of carbonyl (C=O) groups is 6. The molecule has 24 nitrogen and oxygen atoms in total. The van der Waals surface area contributed by atoms with Crippen LogP contribution in [0.15, 0.2) is 176 Å². The number of carbonyl (C=O) groups excluding carboxylic acids is 6. The Labute approximate surface area is 503 Å². The van der Waals surface area contributed by atoms with Gasteiger partial charge in [0.2, 0.25) is 0 Å². The van der Waals surface area contributed by atoms with Gasteiger partial charge in [-0.3, -0.25) is 30.0 Å². The van der Waals surface area contributed by atoms with Gasteiger partial charge in [0.1, 0.15) is 34.5 Å². The van der Waals surface area contributed by atoms with E-state index in [0.29, 0.717) is 38.5 Å². The molecule has 0 fully saturated rings. The number of para-hydroxylation sites is 6. The molecular weight excluding hydrogens is 1190 g/mol. The van der Waals surface area contributed by atoms with Gasteiger partial charge in [-0.05, 0) is 69.8 Å². The number of nitrogens with zero attached hydrogens (tertiary/aromatic N) is 6. The van der Waals surface area contributed by atoms with Crippen LogP contribution in [0.2, 0.25) is 0 Å². The van der Waals surface area contributed by atoms with Gasteiger partial charge < -0.3 is 90.0 Å². The number of phenols is 6. The van der Waals surface area contributed by atoms with Crippen LogP contribution in [0, 0.1) is 0 Å². The third kappa shape index (κ3) is 39.7. The van der Waals surface area contributed by atoms with E-state index in [1.807, 2.05) is 0 Å². The second kappa shape index (κ2) is 46.3. The number of carboxylic acid groups (broad SMARTS) is 6. The molecular formula is C60H60MoN6O18-6. The molecule has 6 aromatic rings. The van der Waals surface area contributed by atoms with Crippen molar-refractivity contribution < 1.29 is 111 Å². The van der Waals surface area contributed by atoms with Gasteiger partial charge in [-0.15, -0.1) is 0 Å². The fraction of sp³-hybridized carbons (Fsp3) is 0.200. The third-order valence-corrected chi connectivity index (χ3v) is 9.91. The molecule has 0 radical (unpaired) electrons. The first kappa shape index (κ1) is 74.6. The standard InChI is InChI=1S/6C10H11NO3.Mo/c6*12-9-4-2-1-3-8(9)5-6-11-7-10(13)14;/h6*1-4,6,12H,5,7H2,(H,13,14);/p-6.